The van der Waals surface area contributed by atoms with Crippen molar-refractivity contribution in [3.05, 3.63) is 35.2 Å². The second-order valence-corrected chi connectivity index (χ2v) is 7.19. The van der Waals surface area contributed by atoms with E-state index < -0.39 is 0 Å². The highest BCUT2D eigenvalue weighted by Crippen LogP contribution is 2.43. The van der Waals surface area contributed by atoms with Crippen molar-refractivity contribution in [1.82, 2.24) is 20.0 Å². The third-order valence-corrected chi connectivity index (χ3v) is 5.61. The first-order chi connectivity index (χ1) is 11.2. The second kappa shape index (κ2) is 8.12. The van der Waals surface area contributed by atoms with Crippen molar-refractivity contribution in [3.63, 3.8) is 0 Å². The Bertz CT molecular complexity index is 751. The van der Waals surface area contributed by atoms with E-state index >= 15 is 0 Å². The first kappa shape index (κ1) is 20.3. The number of carbonyl (C=O) groups excluding carboxylic acids is 1. The van der Waals surface area contributed by atoms with Gasteiger partial charge in [-0.05, 0) is 37.4 Å². The van der Waals surface area contributed by atoms with Crippen molar-refractivity contribution in [3.8, 4) is 0 Å². The fourth-order valence-electron chi connectivity index (χ4n) is 4.14. The van der Waals surface area contributed by atoms with E-state index in [2.05, 4.69) is 15.6 Å². The molecule has 2 atom stereocenters. The molecule has 138 valence electrons. The van der Waals surface area contributed by atoms with Crippen LogP contribution in [0.25, 0.3) is 5.65 Å². The minimum atomic E-state index is -0.208. The van der Waals surface area contributed by atoms with Crippen molar-refractivity contribution in [1.29, 1.82) is 0 Å². The number of pyridine rings is 1. The number of nitrogens with one attached hydrogen (secondary N) is 2. The SMILES string of the molecule is Cl.Cl.O=C(NCc1cn2cc(Cl)ccc2n1)[C@@]12CCCC[C@H]1CNC2. The maximum atomic E-state index is 12.8. The summed E-state index contributed by atoms with van der Waals surface area (Å²) < 4.78 is 1.89. The van der Waals surface area contributed by atoms with Crippen LogP contribution in [-0.2, 0) is 11.3 Å². The van der Waals surface area contributed by atoms with Gasteiger partial charge in [0, 0.05) is 18.9 Å². The van der Waals surface area contributed by atoms with Crippen molar-refractivity contribution >= 4 is 48.0 Å². The lowest BCUT2D eigenvalue weighted by molar-refractivity contribution is -0.134. The molecule has 3 heterocycles. The number of fused-ring (bicyclic) bond motifs is 2. The van der Waals surface area contributed by atoms with Gasteiger partial charge in [0.25, 0.3) is 0 Å². The maximum absolute atomic E-state index is 12.8. The summed E-state index contributed by atoms with van der Waals surface area (Å²) in [7, 11) is 0. The zero-order valence-corrected chi connectivity index (χ0v) is 16.2. The van der Waals surface area contributed by atoms with Crippen LogP contribution in [-0.4, -0.2) is 28.4 Å². The van der Waals surface area contributed by atoms with E-state index in [0.29, 0.717) is 17.5 Å². The zero-order chi connectivity index (χ0) is 15.9. The number of halogens is 3. The topological polar surface area (TPSA) is 58.4 Å². The Hall–Kier alpha value is -1.01. The molecule has 0 radical (unpaired) electrons. The van der Waals surface area contributed by atoms with Gasteiger partial charge in [0.05, 0.1) is 22.7 Å². The molecular formula is C17H23Cl3N4O. The number of hydrogen-bond acceptors (Lipinski definition) is 3. The average Bonchev–Trinajstić information content (AvgIpc) is 3.16. The van der Waals surface area contributed by atoms with Crippen LogP contribution in [0.1, 0.15) is 31.4 Å². The van der Waals surface area contributed by atoms with Gasteiger partial charge in [-0.25, -0.2) is 4.98 Å². The van der Waals surface area contributed by atoms with Gasteiger partial charge in [-0.3, -0.25) is 4.79 Å². The molecule has 2 N–H and O–H groups in total. The summed E-state index contributed by atoms with van der Waals surface area (Å²) in [5.74, 6) is 0.665. The number of nitrogens with zero attached hydrogens (tertiary/aromatic N) is 2. The highest BCUT2D eigenvalue weighted by atomic mass is 35.5. The average molecular weight is 406 g/mol. The van der Waals surface area contributed by atoms with E-state index in [4.69, 9.17) is 11.6 Å². The predicted octanol–water partition coefficient (Wildman–Crippen LogP) is 3.23. The molecule has 0 bridgehead atoms. The third kappa shape index (κ3) is 3.75. The number of amides is 1. The summed E-state index contributed by atoms with van der Waals surface area (Å²) in [5.41, 5.74) is 1.49. The lowest BCUT2D eigenvalue weighted by atomic mass is 9.67. The van der Waals surface area contributed by atoms with Crippen LogP contribution in [0.2, 0.25) is 5.02 Å². The van der Waals surface area contributed by atoms with Crippen molar-refractivity contribution in [2.24, 2.45) is 11.3 Å². The van der Waals surface area contributed by atoms with Gasteiger partial charge in [0.15, 0.2) is 0 Å². The van der Waals surface area contributed by atoms with E-state index in [-0.39, 0.29) is 36.1 Å². The quantitative estimate of drug-likeness (QED) is 0.824. The van der Waals surface area contributed by atoms with Gasteiger partial charge in [-0.15, -0.1) is 24.8 Å². The molecule has 1 amide bonds. The highest BCUT2D eigenvalue weighted by molar-refractivity contribution is 6.30. The first-order valence-corrected chi connectivity index (χ1v) is 8.67. The molecule has 1 saturated heterocycles. The molecule has 4 rings (SSSR count). The Labute approximate surface area is 164 Å². The Morgan fingerprint density at radius 2 is 2.20 bits per heavy atom. The zero-order valence-electron chi connectivity index (χ0n) is 13.8. The molecule has 8 heteroatoms. The molecule has 0 aromatic carbocycles. The smallest absolute Gasteiger partial charge is 0.228 e. The molecule has 2 aromatic rings. The molecule has 2 aromatic heterocycles. The van der Waals surface area contributed by atoms with E-state index in [1.165, 1.54) is 6.42 Å². The largest absolute Gasteiger partial charge is 0.350 e. The van der Waals surface area contributed by atoms with Crippen LogP contribution in [0, 0.1) is 11.3 Å². The Kier molecular flexibility index (Phi) is 6.60. The van der Waals surface area contributed by atoms with Crippen LogP contribution in [0.5, 0.6) is 0 Å². The fourth-order valence-corrected chi connectivity index (χ4v) is 4.31. The van der Waals surface area contributed by atoms with Crippen LogP contribution < -0.4 is 10.6 Å². The molecule has 0 spiro atoms. The molecule has 1 aliphatic heterocycles. The van der Waals surface area contributed by atoms with E-state index in [1.807, 2.05) is 28.9 Å². The first-order valence-electron chi connectivity index (χ1n) is 8.29. The fraction of sp³-hybridized carbons (Fsp3) is 0.529. The van der Waals surface area contributed by atoms with Crippen molar-refractivity contribution in [2.45, 2.75) is 32.2 Å². The normalized spacial score (nSPS) is 24.9. The Balaban J connectivity index is 0.00000113. The lowest BCUT2D eigenvalue weighted by Crippen LogP contribution is -2.47. The molecule has 25 heavy (non-hydrogen) atoms. The van der Waals surface area contributed by atoms with Gasteiger partial charge in [-0.2, -0.15) is 0 Å². The van der Waals surface area contributed by atoms with Gasteiger partial charge in [-0.1, -0.05) is 24.4 Å². The van der Waals surface area contributed by atoms with Crippen LogP contribution in [0.3, 0.4) is 0 Å². The lowest BCUT2D eigenvalue weighted by Gasteiger charge is -2.37. The van der Waals surface area contributed by atoms with Crippen LogP contribution >= 0.6 is 36.4 Å². The maximum Gasteiger partial charge on any atom is 0.228 e. The number of aromatic nitrogens is 2. The number of hydrogen-bond donors (Lipinski definition) is 2. The number of rotatable bonds is 3. The summed E-state index contributed by atoms with van der Waals surface area (Å²) in [5, 5.41) is 7.21. The van der Waals surface area contributed by atoms with Crippen molar-refractivity contribution < 1.29 is 4.79 Å². The molecule has 5 nitrogen and oxygen atoms in total. The minimum absolute atomic E-state index is 0. The van der Waals surface area contributed by atoms with Gasteiger partial charge < -0.3 is 15.0 Å². The monoisotopic (exact) mass is 404 g/mol. The van der Waals surface area contributed by atoms with Gasteiger partial charge in [0.2, 0.25) is 5.91 Å². The molecule has 2 aliphatic rings. The molecule has 1 aliphatic carbocycles. The summed E-state index contributed by atoms with van der Waals surface area (Å²) in [4.78, 5) is 17.4. The highest BCUT2D eigenvalue weighted by Gasteiger charge is 2.49. The van der Waals surface area contributed by atoms with Gasteiger partial charge >= 0.3 is 0 Å². The van der Waals surface area contributed by atoms with Crippen LogP contribution in [0.4, 0.5) is 0 Å². The Morgan fingerprint density at radius 3 is 3.04 bits per heavy atom. The number of imidazole rings is 1. The summed E-state index contributed by atoms with van der Waals surface area (Å²) in [6.45, 7) is 2.25. The standard InChI is InChI=1S/C17H21ClN4O.2ClH/c18-13-4-5-15-21-14(10-22(15)9-13)8-20-16(23)17-6-2-1-3-12(17)7-19-11-17;;/h4-5,9-10,12,19H,1-3,6-8,11H2,(H,20,23);2*1H/t12-,17+;;/m0../s1. The Morgan fingerprint density at radius 1 is 1.36 bits per heavy atom. The van der Waals surface area contributed by atoms with E-state index in [9.17, 15) is 4.79 Å². The number of carbonyl (C=O) groups is 1. The molecule has 0 unspecified atom stereocenters. The summed E-state index contributed by atoms with van der Waals surface area (Å²) >= 11 is 5.99. The summed E-state index contributed by atoms with van der Waals surface area (Å²) in [6.07, 6.45) is 8.30. The van der Waals surface area contributed by atoms with Crippen molar-refractivity contribution in [2.75, 3.05) is 13.1 Å². The van der Waals surface area contributed by atoms with E-state index in [0.717, 1.165) is 43.7 Å². The van der Waals surface area contributed by atoms with Crippen LogP contribution in [0.15, 0.2) is 24.5 Å². The predicted molar refractivity (Wildman–Crippen MR) is 104 cm³/mol. The van der Waals surface area contributed by atoms with E-state index in [1.54, 1.807) is 0 Å². The van der Waals surface area contributed by atoms with Gasteiger partial charge in [0.1, 0.15) is 5.65 Å². The molecular weight excluding hydrogens is 383 g/mol. The summed E-state index contributed by atoms with van der Waals surface area (Å²) in [6, 6.07) is 3.70. The third-order valence-electron chi connectivity index (χ3n) is 5.39. The minimum Gasteiger partial charge on any atom is -0.350 e. The second-order valence-electron chi connectivity index (χ2n) is 6.76. The molecule has 1 saturated carbocycles. The molecule has 2 fully saturated rings.